The minimum Gasteiger partial charge on any atom is -0.497 e. The lowest BCUT2D eigenvalue weighted by Crippen LogP contribution is -2.60. The van der Waals surface area contributed by atoms with E-state index in [1.165, 1.54) is 32.2 Å². The number of nitrogens with one attached hydrogen (secondary N) is 3. The van der Waals surface area contributed by atoms with E-state index >= 15 is 8.78 Å². The Morgan fingerprint density at radius 1 is 1.08 bits per heavy atom. The molecule has 326 valence electrons. The van der Waals surface area contributed by atoms with Gasteiger partial charge in [0.05, 0.1) is 35.4 Å². The van der Waals surface area contributed by atoms with E-state index in [1.54, 1.807) is 20.8 Å². The molecule has 6 rings (SSSR count). The van der Waals surface area contributed by atoms with Gasteiger partial charge in [-0.2, -0.15) is 8.78 Å². The van der Waals surface area contributed by atoms with Crippen LogP contribution >= 0.6 is 0 Å². The van der Waals surface area contributed by atoms with Gasteiger partial charge >= 0.3 is 6.09 Å². The monoisotopic (exact) mass is 856 g/mol. The van der Waals surface area contributed by atoms with Crippen LogP contribution in [0.15, 0.2) is 18.2 Å². The predicted molar refractivity (Wildman–Crippen MR) is 204 cm³/mol. The molecule has 3 aliphatic carbocycles. The van der Waals surface area contributed by atoms with Gasteiger partial charge in [-0.15, -0.1) is 0 Å². The summed E-state index contributed by atoms with van der Waals surface area (Å²) in [6, 6.07) is 1.42. The number of benzene rings is 1. The summed E-state index contributed by atoms with van der Waals surface area (Å²) in [5, 5.41) is 14.1. The first-order valence-electron chi connectivity index (χ1n) is 20.0. The van der Waals surface area contributed by atoms with Crippen molar-refractivity contribution < 1.29 is 59.7 Å². The first kappa shape index (κ1) is 44.1. The molecule has 4 fully saturated rings. The van der Waals surface area contributed by atoms with Gasteiger partial charge in [-0.05, 0) is 63.0 Å². The minimum absolute atomic E-state index is 0.0250. The number of unbranched alkanes of at least 4 members (excludes halogenated alkanes) is 1. The van der Waals surface area contributed by atoms with Crippen molar-refractivity contribution in [2.75, 3.05) is 13.7 Å². The highest BCUT2D eigenvalue weighted by atomic mass is 32.2. The number of sulfonamides is 1. The Hall–Kier alpha value is -4.49. The standard InChI is InChI=1S/C39H52F4N6O9S/c1-6-23-27(58-33-30(39(42,43)14-8-7-9-21-10-11-21)44-25-13-12-22(57-5)17-26(25)45-33)19-49(34(51)28(20(2)3)46-36(53)54)29(23)32(50)47-38(18-24(38)31(40)41)35(52)48-59(55,56)37(4)15-16-37/h12-13,17,20-21,23-24,27-29,31,46H,6-11,14-16,18-19H2,1-5H3,(H,47,50)(H,48,52)(H,53,54)/t23-,24?,27+,28+,29+,38-/m1/s1. The zero-order valence-corrected chi connectivity index (χ0v) is 34.4. The van der Waals surface area contributed by atoms with Crippen molar-refractivity contribution >= 4 is 44.9 Å². The normalized spacial score (nSPS) is 25.4. The fourth-order valence-corrected chi connectivity index (χ4v) is 9.23. The molecule has 1 unspecified atom stereocenters. The summed E-state index contributed by atoms with van der Waals surface area (Å²) >= 11 is 0. The van der Waals surface area contributed by atoms with E-state index in [4.69, 9.17) is 9.47 Å². The number of hydrogen-bond donors (Lipinski definition) is 4. The number of nitrogens with zero attached hydrogens (tertiary/aromatic N) is 3. The molecule has 0 bridgehead atoms. The molecular weight excluding hydrogens is 805 g/mol. The van der Waals surface area contributed by atoms with Crippen molar-refractivity contribution in [1.82, 2.24) is 30.2 Å². The molecule has 0 spiro atoms. The molecule has 1 aromatic heterocycles. The maximum absolute atomic E-state index is 16.2. The quantitative estimate of drug-likeness (QED) is 0.108. The topological polar surface area (TPSA) is 206 Å². The van der Waals surface area contributed by atoms with Gasteiger partial charge in [0.15, 0.2) is 5.69 Å². The molecule has 1 aromatic carbocycles. The fourth-order valence-electron chi connectivity index (χ4n) is 7.92. The number of ether oxygens (including phenoxy) is 2. The molecule has 15 nitrogen and oxygen atoms in total. The lowest BCUT2D eigenvalue weighted by molar-refractivity contribution is -0.142. The summed E-state index contributed by atoms with van der Waals surface area (Å²) in [7, 11) is -2.91. The summed E-state index contributed by atoms with van der Waals surface area (Å²) in [6.45, 7) is 5.62. The summed E-state index contributed by atoms with van der Waals surface area (Å²) in [5.41, 5.74) is -2.88. The molecule has 3 saturated carbocycles. The van der Waals surface area contributed by atoms with E-state index < -0.39 is 123 Å². The van der Waals surface area contributed by atoms with Gasteiger partial charge in [-0.1, -0.05) is 46.5 Å². The predicted octanol–water partition coefficient (Wildman–Crippen LogP) is 5.12. The van der Waals surface area contributed by atoms with E-state index in [9.17, 15) is 41.5 Å². The second kappa shape index (κ2) is 16.5. The van der Waals surface area contributed by atoms with Crippen molar-refractivity contribution in [3.8, 4) is 11.6 Å². The third-order valence-electron chi connectivity index (χ3n) is 12.2. The summed E-state index contributed by atoms with van der Waals surface area (Å²) in [5.74, 6) is -10.1. The number of amides is 4. The molecule has 0 radical (unpaired) electrons. The van der Waals surface area contributed by atoms with Gasteiger partial charge in [0.2, 0.25) is 34.1 Å². The van der Waals surface area contributed by atoms with Gasteiger partial charge in [0.25, 0.3) is 11.8 Å². The number of likely N-dealkylation sites (tertiary alicyclic amines) is 1. The van der Waals surface area contributed by atoms with E-state index in [1.807, 2.05) is 4.72 Å². The Kier molecular flexibility index (Phi) is 12.3. The number of alkyl halides is 4. The summed E-state index contributed by atoms with van der Waals surface area (Å²) < 4.78 is 99.2. The molecule has 2 aromatic rings. The SMILES string of the molecule is CC[C@@H]1[C@@H](Oc2nc3cc(OC)ccc3nc2C(F)(F)CCCCC2CC2)CN(C(=O)[C@@H](NC(=O)O)C(C)C)[C@@H]1C(=O)N[C@]1(C(=O)NS(=O)(=O)C2(C)CC2)CC1C(F)F. The summed E-state index contributed by atoms with van der Waals surface area (Å²) in [6.07, 6.45) is -2.89. The van der Waals surface area contributed by atoms with Crippen molar-refractivity contribution in [1.29, 1.82) is 0 Å². The highest BCUT2D eigenvalue weighted by Gasteiger charge is 2.67. The zero-order valence-electron chi connectivity index (χ0n) is 33.6. The number of fused-ring (bicyclic) bond motifs is 1. The van der Waals surface area contributed by atoms with Gasteiger partial charge < -0.3 is 30.1 Å². The van der Waals surface area contributed by atoms with Gasteiger partial charge in [0, 0.05) is 18.4 Å². The van der Waals surface area contributed by atoms with E-state index in [-0.39, 0.29) is 36.7 Å². The first-order chi connectivity index (χ1) is 27.7. The van der Waals surface area contributed by atoms with Gasteiger partial charge in [-0.3, -0.25) is 19.1 Å². The van der Waals surface area contributed by atoms with Crippen molar-refractivity contribution in [3.63, 3.8) is 0 Å². The highest BCUT2D eigenvalue weighted by molar-refractivity contribution is 7.91. The fraction of sp³-hybridized carbons (Fsp3) is 0.692. The number of halogens is 4. The van der Waals surface area contributed by atoms with Crippen molar-refractivity contribution in [2.45, 2.75) is 133 Å². The number of carbonyl (C=O) groups excluding carboxylic acids is 3. The van der Waals surface area contributed by atoms with Crippen LogP contribution in [0.4, 0.5) is 22.4 Å². The van der Waals surface area contributed by atoms with Crippen LogP contribution in [0.3, 0.4) is 0 Å². The molecule has 59 heavy (non-hydrogen) atoms. The average Bonchev–Trinajstić information content (AvgIpc) is 4.10. The zero-order chi connectivity index (χ0) is 43.2. The largest absolute Gasteiger partial charge is 0.497 e. The Labute approximate surface area is 339 Å². The van der Waals surface area contributed by atoms with Crippen LogP contribution in [-0.2, 0) is 30.3 Å². The van der Waals surface area contributed by atoms with Crippen LogP contribution in [0.1, 0.15) is 97.6 Å². The van der Waals surface area contributed by atoms with Crippen LogP contribution in [-0.4, -0.2) is 101 Å². The Morgan fingerprint density at radius 2 is 1.78 bits per heavy atom. The average molecular weight is 857 g/mol. The van der Waals surface area contributed by atoms with Crippen LogP contribution in [0.5, 0.6) is 11.6 Å². The van der Waals surface area contributed by atoms with E-state index in [2.05, 4.69) is 20.6 Å². The van der Waals surface area contributed by atoms with Crippen LogP contribution < -0.4 is 24.8 Å². The lowest BCUT2D eigenvalue weighted by Gasteiger charge is -2.32. The Bertz CT molecular complexity index is 2070. The number of carbonyl (C=O) groups is 4. The van der Waals surface area contributed by atoms with E-state index in [0.29, 0.717) is 18.1 Å². The smallest absolute Gasteiger partial charge is 0.405 e. The number of aromatic nitrogens is 2. The maximum Gasteiger partial charge on any atom is 0.405 e. The van der Waals surface area contributed by atoms with Crippen LogP contribution in [0.2, 0.25) is 0 Å². The summed E-state index contributed by atoms with van der Waals surface area (Å²) in [4.78, 5) is 63.9. The Balaban J connectivity index is 1.36. The number of methoxy groups -OCH3 is 1. The second-order valence-electron chi connectivity index (χ2n) is 17.0. The molecule has 1 saturated heterocycles. The third kappa shape index (κ3) is 9.16. The molecule has 20 heteroatoms. The number of carboxylic acid groups (broad SMARTS) is 1. The third-order valence-corrected chi connectivity index (χ3v) is 14.4. The minimum atomic E-state index is -4.32. The highest BCUT2D eigenvalue weighted by Crippen LogP contribution is 2.50. The van der Waals surface area contributed by atoms with E-state index in [0.717, 1.165) is 24.2 Å². The molecule has 4 amide bonds. The molecular formula is C39H52F4N6O9S. The second-order valence-corrected chi connectivity index (χ2v) is 19.1. The Morgan fingerprint density at radius 3 is 2.34 bits per heavy atom. The van der Waals surface area contributed by atoms with Crippen molar-refractivity contribution in [2.24, 2.45) is 23.7 Å². The van der Waals surface area contributed by atoms with Gasteiger partial charge in [0.1, 0.15) is 29.5 Å². The lowest BCUT2D eigenvalue weighted by atomic mass is 9.93. The number of hydrogen-bond acceptors (Lipinski definition) is 10. The van der Waals surface area contributed by atoms with Crippen LogP contribution in [0, 0.1) is 23.7 Å². The first-order valence-corrected chi connectivity index (χ1v) is 21.5. The molecule has 4 N–H and O–H groups in total. The molecule has 6 atom stereocenters. The maximum atomic E-state index is 16.2. The molecule has 2 heterocycles. The molecule has 4 aliphatic rings. The van der Waals surface area contributed by atoms with Crippen molar-refractivity contribution in [3.05, 3.63) is 23.9 Å². The van der Waals surface area contributed by atoms with Gasteiger partial charge in [-0.25, -0.2) is 32.0 Å². The van der Waals surface area contributed by atoms with Crippen LogP contribution in [0.25, 0.3) is 11.0 Å². The molecule has 1 aliphatic heterocycles. The number of rotatable bonds is 19.